The maximum atomic E-state index is 12.9. The van der Waals surface area contributed by atoms with Crippen LogP contribution in [-0.2, 0) is 4.79 Å². The number of amides is 1. The fraction of sp³-hybridized carbons (Fsp3) is 0.611. The van der Waals surface area contributed by atoms with Crippen molar-refractivity contribution in [2.75, 3.05) is 31.1 Å². The first kappa shape index (κ1) is 17.7. The summed E-state index contributed by atoms with van der Waals surface area (Å²) in [5.41, 5.74) is 0. The van der Waals surface area contributed by atoms with Crippen LogP contribution in [0.2, 0.25) is 0 Å². The normalized spacial score (nSPS) is 20.8. The predicted molar refractivity (Wildman–Crippen MR) is 104 cm³/mol. The molecule has 2 aliphatic rings. The van der Waals surface area contributed by atoms with Gasteiger partial charge < -0.3 is 14.9 Å². The van der Waals surface area contributed by atoms with Crippen LogP contribution in [0.5, 0.6) is 0 Å². The highest BCUT2D eigenvalue weighted by molar-refractivity contribution is 7.29. The van der Waals surface area contributed by atoms with E-state index in [1.165, 1.54) is 24.2 Å². The summed E-state index contributed by atoms with van der Waals surface area (Å²) < 4.78 is 1.10. The minimum atomic E-state index is -0.758. The molecule has 1 N–H and O–H groups in total. The zero-order chi connectivity index (χ0) is 18.1. The van der Waals surface area contributed by atoms with Crippen molar-refractivity contribution in [3.05, 3.63) is 10.9 Å². The molecule has 140 valence electrons. The number of aromatic nitrogens is 1. The number of carboxylic acid groups (broad SMARTS) is 1. The largest absolute Gasteiger partial charge is 0.481 e. The van der Waals surface area contributed by atoms with Crippen molar-refractivity contribution in [2.24, 2.45) is 5.92 Å². The van der Waals surface area contributed by atoms with Crippen LogP contribution in [0, 0.1) is 5.92 Å². The van der Waals surface area contributed by atoms with E-state index in [1.54, 1.807) is 11.3 Å². The number of piperidine rings is 1. The number of hydrogen-bond acceptors (Lipinski definition) is 6. The summed E-state index contributed by atoms with van der Waals surface area (Å²) in [4.78, 5) is 34.3. The van der Waals surface area contributed by atoms with E-state index in [4.69, 9.17) is 10.1 Å². The number of nitrogens with zero attached hydrogens (tertiary/aromatic N) is 3. The molecule has 0 saturated carbocycles. The molecule has 0 spiro atoms. The Balaban J connectivity index is 1.43. The molecule has 6 nitrogen and oxygen atoms in total. The van der Waals surface area contributed by atoms with E-state index < -0.39 is 5.97 Å². The number of hydrogen-bond donors (Lipinski definition) is 1. The second kappa shape index (κ2) is 7.52. The number of carbonyl (C=O) groups is 2. The summed E-state index contributed by atoms with van der Waals surface area (Å²) >= 11 is 3.17. The average Bonchev–Trinajstić information content (AvgIpc) is 3.34. The lowest BCUT2D eigenvalue weighted by Gasteiger charge is -2.32. The lowest BCUT2D eigenvalue weighted by atomic mass is 9.93. The Bertz CT molecular complexity index is 778. The van der Waals surface area contributed by atoms with E-state index in [-0.39, 0.29) is 12.3 Å². The van der Waals surface area contributed by atoms with Gasteiger partial charge in [0.25, 0.3) is 5.91 Å². The van der Waals surface area contributed by atoms with Crippen LogP contribution < -0.4 is 4.90 Å². The molecule has 1 amide bonds. The number of fused-ring (bicyclic) bond motifs is 1. The number of anilines is 1. The van der Waals surface area contributed by atoms with Crippen molar-refractivity contribution < 1.29 is 14.7 Å². The quantitative estimate of drug-likeness (QED) is 0.839. The minimum absolute atomic E-state index is 0.0722. The maximum absolute atomic E-state index is 12.9. The van der Waals surface area contributed by atoms with Crippen molar-refractivity contribution in [2.45, 2.75) is 38.5 Å². The Kier molecular flexibility index (Phi) is 5.13. The summed E-state index contributed by atoms with van der Waals surface area (Å²) in [6.45, 7) is 3.60. The fourth-order valence-electron chi connectivity index (χ4n) is 3.84. The first-order valence-corrected chi connectivity index (χ1v) is 10.9. The van der Waals surface area contributed by atoms with Crippen molar-refractivity contribution in [1.29, 1.82) is 0 Å². The van der Waals surface area contributed by atoms with Crippen LogP contribution in [0.4, 0.5) is 5.13 Å². The molecule has 2 saturated heterocycles. The van der Waals surface area contributed by atoms with E-state index in [0.717, 1.165) is 52.0 Å². The standard InChI is InChI=1S/C18H23N3O3S2/c22-15(23)6-5-12-4-3-9-21(11-12)17(24)14-10-13-16(25-14)19-18(26-13)20-7-1-2-8-20/h10,12H,1-9,11H2,(H,22,23). The van der Waals surface area contributed by atoms with Gasteiger partial charge in [0.15, 0.2) is 5.13 Å². The molecule has 8 heteroatoms. The monoisotopic (exact) mass is 393 g/mol. The summed E-state index contributed by atoms with van der Waals surface area (Å²) in [7, 11) is 0. The van der Waals surface area contributed by atoms with Crippen LogP contribution in [0.15, 0.2) is 6.07 Å². The van der Waals surface area contributed by atoms with E-state index in [9.17, 15) is 9.59 Å². The molecular formula is C18H23N3O3S2. The van der Waals surface area contributed by atoms with Gasteiger partial charge in [0, 0.05) is 32.6 Å². The molecule has 2 fully saturated rings. The third-order valence-corrected chi connectivity index (χ3v) is 7.45. The molecule has 4 heterocycles. The highest BCUT2D eigenvalue weighted by Gasteiger charge is 2.27. The first-order chi connectivity index (χ1) is 12.6. The summed E-state index contributed by atoms with van der Waals surface area (Å²) in [6.07, 6.45) is 5.26. The van der Waals surface area contributed by atoms with Crippen LogP contribution >= 0.6 is 22.7 Å². The van der Waals surface area contributed by atoms with Crippen LogP contribution in [0.25, 0.3) is 9.53 Å². The topological polar surface area (TPSA) is 73.7 Å². The maximum Gasteiger partial charge on any atom is 0.303 e. The lowest BCUT2D eigenvalue weighted by Crippen LogP contribution is -2.39. The van der Waals surface area contributed by atoms with Gasteiger partial charge >= 0.3 is 5.97 Å². The molecule has 0 aromatic carbocycles. The zero-order valence-corrected chi connectivity index (χ0v) is 16.3. The average molecular weight is 394 g/mol. The van der Waals surface area contributed by atoms with Gasteiger partial charge in [-0.2, -0.15) is 0 Å². The van der Waals surface area contributed by atoms with Gasteiger partial charge in [0.05, 0.1) is 9.58 Å². The highest BCUT2D eigenvalue weighted by Crippen LogP contribution is 2.36. The Labute approximate surface area is 160 Å². The highest BCUT2D eigenvalue weighted by atomic mass is 32.1. The molecule has 4 rings (SSSR count). The number of carboxylic acids is 1. The van der Waals surface area contributed by atoms with Crippen molar-refractivity contribution >= 4 is 49.2 Å². The molecule has 0 bridgehead atoms. The molecule has 0 aliphatic carbocycles. The zero-order valence-electron chi connectivity index (χ0n) is 14.6. The molecule has 2 aliphatic heterocycles. The molecule has 1 atom stereocenters. The van der Waals surface area contributed by atoms with Gasteiger partial charge in [-0.25, -0.2) is 4.98 Å². The molecule has 26 heavy (non-hydrogen) atoms. The number of carbonyl (C=O) groups excluding carboxylic acids is 1. The molecule has 1 unspecified atom stereocenters. The van der Waals surface area contributed by atoms with Gasteiger partial charge in [-0.1, -0.05) is 11.3 Å². The van der Waals surface area contributed by atoms with Gasteiger partial charge in [-0.05, 0) is 44.1 Å². The van der Waals surface area contributed by atoms with Crippen LogP contribution in [0.1, 0.15) is 48.2 Å². The van der Waals surface area contributed by atoms with Crippen LogP contribution in [-0.4, -0.2) is 53.0 Å². The Morgan fingerprint density at radius 2 is 2.00 bits per heavy atom. The Morgan fingerprint density at radius 1 is 1.19 bits per heavy atom. The number of thiophene rings is 1. The second-order valence-electron chi connectivity index (χ2n) is 7.16. The number of rotatable bonds is 5. The third-order valence-electron chi connectivity index (χ3n) is 5.24. The van der Waals surface area contributed by atoms with Crippen molar-refractivity contribution in [3.63, 3.8) is 0 Å². The van der Waals surface area contributed by atoms with Gasteiger partial charge in [-0.15, -0.1) is 11.3 Å². The lowest BCUT2D eigenvalue weighted by molar-refractivity contribution is -0.137. The molecular weight excluding hydrogens is 370 g/mol. The Morgan fingerprint density at radius 3 is 2.73 bits per heavy atom. The smallest absolute Gasteiger partial charge is 0.303 e. The first-order valence-electron chi connectivity index (χ1n) is 9.26. The van der Waals surface area contributed by atoms with Gasteiger partial charge in [0.1, 0.15) is 4.83 Å². The molecule has 2 aromatic rings. The number of likely N-dealkylation sites (tertiary alicyclic amines) is 1. The SMILES string of the molecule is O=C(O)CCC1CCCN(C(=O)c2cc3sc(N4CCCC4)nc3s2)C1. The fourth-order valence-corrected chi connectivity index (χ4v) is 6.07. The van der Waals surface area contributed by atoms with Crippen molar-refractivity contribution in [3.8, 4) is 0 Å². The second-order valence-corrected chi connectivity index (χ2v) is 9.20. The third kappa shape index (κ3) is 3.71. The van der Waals surface area contributed by atoms with Gasteiger partial charge in [0.2, 0.25) is 0 Å². The van der Waals surface area contributed by atoms with E-state index in [2.05, 4.69) is 4.90 Å². The number of aliphatic carboxylic acids is 1. The Hall–Kier alpha value is -1.67. The minimum Gasteiger partial charge on any atom is -0.481 e. The summed E-state index contributed by atoms with van der Waals surface area (Å²) in [6, 6.07) is 1.99. The van der Waals surface area contributed by atoms with Crippen LogP contribution in [0.3, 0.4) is 0 Å². The van der Waals surface area contributed by atoms with Gasteiger partial charge in [-0.3, -0.25) is 9.59 Å². The molecule has 0 radical (unpaired) electrons. The van der Waals surface area contributed by atoms with E-state index in [1.807, 2.05) is 11.0 Å². The van der Waals surface area contributed by atoms with Crippen molar-refractivity contribution in [1.82, 2.24) is 9.88 Å². The van der Waals surface area contributed by atoms with E-state index in [0.29, 0.717) is 18.9 Å². The molecule has 2 aromatic heterocycles. The predicted octanol–water partition coefficient (Wildman–Crippen LogP) is 3.68. The number of thiazole rings is 1. The summed E-state index contributed by atoms with van der Waals surface area (Å²) in [5, 5.41) is 9.95. The van der Waals surface area contributed by atoms with E-state index >= 15 is 0 Å². The summed E-state index contributed by atoms with van der Waals surface area (Å²) in [5.74, 6) is -0.389.